The summed E-state index contributed by atoms with van der Waals surface area (Å²) in [5.74, 6) is 4.77. The highest BCUT2D eigenvalue weighted by atomic mass is 16.5. The molecule has 0 unspecified atom stereocenters. The van der Waals surface area contributed by atoms with Gasteiger partial charge in [-0.05, 0) is 25.0 Å². The van der Waals surface area contributed by atoms with Crippen molar-refractivity contribution < 1.29 is 14.3 Å². The Kier molecular flexibility index (Phi) is 5.39. The molecule has 21 heavy (non-hydrogen) atoms. The largest absolute Gasteiger partial charge is 0.468 e. The van der Waals surface area contributed by atoms with Crippen molar-refractivity contribution in [2.45, 2.75) is 31.7 Å². The number of hydrogen-bond donors (Lipinski definition) is 0. The summed E-state index contributed by atoms with van der Waals surface area (Å²) in [7, 11) is 1.33. The Bertz CT molecular complexity index is 550. The smallest absolute Gasteiger partial charge is 0.325 e. The number of nitrogens with zero attached hydrogens (tertiary/aromatic N) is 1. The third-order valence-electron chi connectivity index (χ3n) is 3.64. The first-order chi connectivity index (χ1) is 10.2. The minimum absolute atomic E-state index is 0.0243. The predicted octanol–water partition coefficient (Wildman–Crippen LogP) is 1.98. The van der Waals surface area contributed by atoms with Crippen molar-refractivity contribution in [3.63, 3.8) is 0 Å². The van der Waals surface area contributed by atoms with Gasteiger partial charge in [-0.1, -0.05) is 37.0 Å². The van der Waals surface area contributed by atoms with E-state index in [9.17, 15) is 9.59 Å². The number of benzene rings is 1. The molecule has 2 rings (SSSR count). The molecule has 4 heteroatoms. The highest BCUT2D eigenvalue weighted by Crippen LogP contribution is 2.23. The van der Waals surface area contributed by atoms with E-state index in [1.54, 1.807) is 4.90 Å². The zero-order valence-electron chi connectivity index (χ0n) is 12.2. The summed E-state index contributed by atoms with van der Waals surface area (Å²) >= 11 is 0. The standard InChI is InChI=1S/C17H19NO3/c1-21-17(20)13-18(15-9-5-6-10-15)16(19)12-11-14-7-3-2-4-8-14/h2-4,7-8,15H,5-6,9-10,13H2,1H3. The number of carbonyl (C=O) groups excluding carboxylic acids is 2. The second-order valence-corrected chi connectivity index (χ2v) is 5.06. The second-order valence-electron chi connectivity index (χ2n) is 5.06. The van der Waals surface area contributed by atoms with E-state index in [0.29, 0.717) is 0 Å². The Hall–Kier alpha value is -2.28. The number of rotatable bonds is 3. The topological polar surface area (TPSA) is 46.6 Å². The van der Waals surface area contributed by atoms with Crippen LogP contribution in [0.2, 0.25) is 0 Å². The average molecular weight is 285 g/mol. The fourth-order valence-corrected chi connectivity index (χ4v) is 2.51. The highest BCUT2D eigenvalue weighted by molar-refractivity contribution is 5.96. The summed E-state index contributed by atoms with van der Waals surface area (Å²) in [6, 6.07) is 9.44. The van der Waals surface area contributed by atoms with Crippen LogP contribution < -0.4 is 0 Å². The molecule has 0 aliphatic heterocycles. The van der Waals surface area contributed by atoms with Gasteiger partial charge in [0, 0.05) is 17.5 Å². The van der Waals surface area contributed by atoms with Crippen LogP contribution >= 0.6 is 0 Å². The molecule has 1 aliphatic carbocycles. The van der Waals surface area contributed by atoms with E-state index in [2.05, 4.69) is 16.6 Å². The highest BCUT2D eigenvalue weighted by Gasteiger charge is 2.27. The molecule has 1 amide bonds. The van der Waals surface area contributed by atoms with Crippen molar-refractivity contribution in [2.24, 2.45) is 0 Å². The Balaban J connectivity index is 2.10. The molecule has 1 saturated carbocycles. The van der Waals surface area contributed by atoms with Crippen LogP contribution in [0.4, 0.5) is 0 Å². The molecule has 1 aliphatic rings. The molecule has 1 aromatic rings. The molecule has 1 fully saturated rings. The number of hydrogen-bond acceptors (Lipinski definition) is 3. The lowest BCUT2D eigenvalue weighted by Crippen LogP contribution is -2.42. The molecule has 0 bridgehead atoms. The SMILES string of the molecule is COC(=O)CN(C(=O)C#Cc1ccccc1)C1CCCC1. The van der Waals surface area contributed by atoms with Gasteiger partial charge >= 0.3 is 5.97 Å². The molecular formula is C17H19NO3. The van der Waals surface area contributed by atoms with Gasteiger partial charge < -0.3 is 9.64 Å². The lowest BCUT2D eigenvalue weighted by atomic mass is 10.2. The van der Waals surface area contributed by atoms with Gasteiger partial charge in [0.1, 0.15) is 6.54 Å². The average Bonchev–Trinajstić information content (AvgIpc) is 3.05. The zero-order chi connectivity index (χ0) is 15.1. The molecule has 110 valence electrons. The molecule has 0 N–H and O–H groups in total. The van der Waals surface area contributed by atoms with Crippen molar-refractivity contribution in [3.05, 3.63) is 35.9 Å². The fourth-order valence-electron chi connectivity index (χ4n) is 2.51. The van der Waals surface area contributed by atoms with Gasteiger partial charge in [-0.15, -0.1) is 0 Å². The summed E-state index contributed by atoms with van der Waals surface area (Å²) in [6.07, 6.45) is 4.02. The quantitative estimate of drug-likeness (QED) is 0.630. The Labute approximate surface area is 125 Å². The van der Waals surface area contributed by atoms with E-state index >= 15 is 0 Å². The maximum atomic E-state index is 12.3. The Morgan fingerprint density at radius 3 is 2.52 bits per heavy atom. The first-order valence-electron chi connectivity index (χ1n) is 7.15. The van der Waals surface area contributed by atoms with E-state index < -0.39 is 5.97 Å². The molecule has 0 heterocycles. The molecule has 4 nitrogen and oxygen atoms in total. The van der Waals surface area contributed by atoms with Gasteiger partial charge in [-0.25, -0.2) is 0 Å². The number of amides is 1. The van der Waals surface area contributed by atoms with Crippen molar-refractivity contribution >= 4 is 11.9 Å². The van der Waals surface area contributed by atoms with Crippen molar-refractivity contribution in [1.29, 1.82) is 0 Å². The van der Waals surface area contributed by atoms with Gasteiger partial charge in [0.15, 0.2) is 0 Å². The fraction of sp³-hybridized carbons (Fsp3) is 0.412. The van der Waals surface area contributed by atoms with Crippen LogP contribution in [-0.2, 0) is 14.3 Å². The minimum atomic E-state index is -0.406. The van der Waals surface area contributed by atoms with E-state index in [1.165, 1.54) is 7.11 Å². The Morgan fingerprint density at radius 1 is 1.24 bits per heavy atom. The van der Waals surface area contributed by atoms with E-state index in [0.717, 1.165) is 31.2 Å². The molecule has 0 aromatic heterocycles. The molecule has 1 aromatic carbocycles. The number of carbonyl (C=O) groups is 2. The first kappa shape index (κ1) is 15.1. The summed E-state index contributed by atoms with van der Waals surface area (Å²) < 4.78 is 4.67. The molecule has 0 radical (unpaired) electrons. The molecular weight excluding hydrogens is 266 g/mol. The van der Waals surface area contributed by atoms with Crippen LogP contribution in [0.1, 0.15) is 31.2 Å². The molecule has 0 saturated heterocycles. The lowest BCUT2D eigenvalue weighted by Gasteiger charge is -2.25. The van der Waals surface area contributed by atoms with E-state index in [-0.39, 0.29) is 18.5 Å². The summed E-state index contributed by atoms with van der Waals surface area (Å²) in [6.45, 7) is -0.0243. The maximum absolute atomic E-state index is 12.3. The summed E-state index contributed by atoms with van der Waals surface area (Å²) in [4.78, 5) is 25.3. The normalized spacial score (nSPS) is 14.1. The maximum Gasteiger partial charge on any atom is 0.325 e. The molecule has 0 spiro atoms. The van der Waals surface area contributed by atoms with Gasteiger partial charge in [0.2, 0.25) is 0 Å². The van der Waals surface area contributed by atoms with E-state index in [4.69, 9.17) is 0 Å². The van der Waals surface area contributed by atoms with Crippen molar-refractivity contribution in [3.8, 4) is 11.8 Å². The van der Waals surface area contributed by atoms with Crippen molar-refractivity contribution in [1.82, 2.24) is 4.90 Å². The predicted molar refractivity (Wildman–Crippen MR) is 79.3 cm³/mol. The number of methoxy groups -OCH3 is 1. The third-order valence-corrected chi connectivity index (χ3v) is 3.64. The van der Waals surface area contributed by atoms with Crippen LogP contribution in [0.15, 0.2) is 30.3 Å². The van der Waals surface area contributed by atoms with Crippen LogP contribution in [0, 0.1) is 11.8 Å². The third kappa shape index (κ3) is 4.35. The summed E-state index contributed by atoms with van der Waals surface area (Å²) in [5, 5.41) is 0. The van der Waals surface area contributed by atoms with Crippen LogP contribution in [0.25, 0.3) is 0 Å². The Morgan fingerprint density at radius 2 is 1.90 bits per heavy atom. The second kappa shape index (κ2) is 7.49. The van der Waals surface area contributed by atoms with Gasteiger partial charge in [-0.3, -0.25) is 9.59 Å². The van der Waals surface area contributed by atoms with Gasteiger partial charge in [0.05, 0.1) is 7.11 Å². The minimum Gasteiger partial charge on any atom is -0.468 e. The van der Waals surface area contributed by atoms with Gasteiger partial charge in [-0.2, -0.15) is 0 Å². The monoisotopic (exact) mass is 285 g/mol. The van der Waals surface area contributed by atoms with Crippen LogP contribution in [-0.4, -0.2) is 36.5 Å². The van der Waals surface area contributed by atoms with E-state index in [1.807, 2.05) is 30.3 Å². The number of ether oxygens (including phenoxy) is 1. The van der Waals surface area contributed by atoms with Gasteiger partial charge in [0.25, 0.3) is 5.91 Å². The summed E-state index contributed by atoms with van der Waals surface area (Å²) in [5.41, 5.74) is 0.787. The lowest BCUT2D eigenvalue weighted by molar-refractivity contribution is -0.146. The first-order valence-corrected chi connectivity index (χ1v) is 7.15. The van der Waals surface area contributed by atoms with Crippen molar-refractivity contribution in [2.75, 3.05) is 13.7 Å². The van der Waals surface area contributed by atoms with Crippen LogP contribution in [0.3, 0.4) is 0 Å². The molecule has 0 atom stereocenters. The zero-order valence-corrected chi connectivity index (χ0v) is 12.2. The number of esters is 1. The van der Waals surface area contributed by atoms with Crippen LogP contribution in [0.5, 0.6) is 0 Å².